The summed E-state index contributed by atoms with van der Waals surface area (Å²) in [5.41, 5.74) is 1.35. The minimum absolute atomic E-state index is 0.0607. The maximum Gasteiger partial charge on any atom is 0.349 e. The first-order chi connectivity index (χ1) is 13.1. The van der Waals surface area contributed by atoms with Gasteiger partial charge in [-0.15, -0.1) is 10.2 Å². The monoisotopic (exact) mass is 366 g/mol. The fraction of sp³-hybridized carbons (Fsp3) is 0.300. The van der Waals surface area contributed by atoms with Crippen LogP contribution in [0.5, 0.6) is 0 Å². The molecule has 0 aliphatic rings. The minimum atomic E-state index is -0.591. The molecule has 140 valence electrons. The van der Waals surface area contributed by atoms with Crippen molar-refractivity contribution in [3.05, 3.63) is 81.9 Å². The maximum atomic E-state index is 12.3. The molecule has 1 N–H and O–H groups in total. The molecular formula is C20H22N4O3. The largest absolute Gasteiger partial charge is 0.427 e. The van der Waals surface area contributed by atoms with E-state index >= 15 is 0 Å². The summed E-state index contributed by atoms with van der Waals surface area (Å²) in [6, 6.07) is 11.9. The Labute approximate surface area is 157 Å². The summed E-state index contributed by atoms with van der Waals surface area (Å²) >= 11 is 0. The number of amides is 1. The summed E-state index contributed by atoms with van der Waals surface area (Å²) in [6.07, 6.45) is 5.57. The summed E-state index contributed by atoms with van der Waals surface area (Å²) in [7, 11) is 0. The average Bonchev–Trinajstić information content (AvgIpc) is 3.15. The lowest BCUT2D eigenvalue weighted by atomic mass is 10.1. The third-order valence-corrected chi connectivity index (χ3v) is 4.28. The van der Waals surface area contributed by atoms with Gasteiger partial charge in [0.2, 0.25) is 0 Å². The van der Waals surface area contributed by atoms with Crippen LogP contribution in [0.15, 0.2) is 58.3 Å². The Kier molecular flexibility index (Phi) is 6.14. The van der Waals surface area contributed by atoms with Crippen LogP contribution in [0.4, 0.5) is 0 Å². The summed E-state index contributed by atoms with van der Waals surface area (Å²) in [5, 5.41) is 10.1. The lowest BCUT2D eigenvalue weighted by Crippen LogP contribution is -2.32. The molecule has 0 atom stereocenters. The normalized spacial score (nSPS) is 10.7. The number of carbonyl (C=O) groups excluding carboxylic acids is 1. The smallest absolute Gasteiger partial charge is 0.349 e. The lowest BCUT2D eigenvalue weighted by molar-refractivity contribution is 0.0947. The molecule has 7 heteroatoms. The molecule has 0 aliphatic heterocycles. The van der Waals surface area contributed by atoms with Gasteiger partial charge < -0.3 is 14.3 Å². The van der Waals surface area contributed by atoms with Gasteiger partial charge in [-0.05, 0) is 37.0 Å². The van der Waals surface area contributed by atoms with Gasteiger partial charge in [-0.3, -0.25) is 4.79 Å². The number of nitrogens with zero attached hydrogens (tertiary/aromatic N) is 3. The number of aromatic nitrogens is 3. The zero-order chi connectivity index (χ0) is 19.1. The van der Waals surface area contributed by atoms with E-state index in [1.165, 1.54) is 5.56 Å². The van der Waals surface area contributed by atoms with Crippen LogP contribution in [0, 0.1) is 6.92 Å². The molecule has 0 unspecified atom stereocenters. The van der Waals surface area contributed by atoms with Crippen LogP contribution < -0.4 is 10.9 Å². The molecule has 0 saturated carbocycles. The highest BCUT2D eigenvalue weighted by molar-refractivity contribution is 5.95. The van der Waals surface area contributed by atoms with E-state index in [1.807, 2.05) is 18.2 Å². The van der Waals surface area contributed by atoms with E-state index in [0.29, 0.717) is 30.8 Å². The van der Waals surface area contributed by atoms with Crippen LogP contribution in [0.2, 0.25) is 0 Å². The predicted molar refractivity (Wildman–Crippen MR) is 101 cm³/mol. The molecule has 0 saturated heterocycles. The first kappa shape index (κ1) is 18.6. The average molecular weight is 366 g/mol. The highest BCUT2D eigenvalue weighted by Gasteiger charge is 2.16. The Hall–Kier alpha value is -3.22. The van der Waals surface area contributed by atoms with Gasteiger partial charge in [0, 0.05) is 19.5 Å². The molecule has 27 heavy (non-hydrogen) atoms. The van der Waals surface area contributed by atoms with Gasteiger partial charge in [0.25, 0.3) is 5.91 Å². The van der Waals surface area contributed by atoms with Crippen molar-refractivity contribution in [3.8, 4) is 0 Å². The predicted octanol–water partition coefficient (Wildman–Crippen LogP) is 2.15. The number of hydrogen-bond acceptors (Lipinski definition) is 5. The van der Waals surface area contributed by atoms with Crippen LogP contribution in [0.3, 0.4) is 0 Å². The zero-order valence-corrected chi connectivity index (χ0v) is 15.2. The van der Waals surface area contributed by atoms with Gasteiger partial charge in [-0.2, -0.15) is 0 Å². The van der Waals surface area contributed by atoms with Crippen LogP contribution in [-0.4, -0.2) is 27.2 Å². The van der Waals surface area contributed by atoms with E-state index in [9.17, 15) is 9.59 Å². The highest BCUT2D eigenvalue weighted by atomic mass is 16.4. The molecule has 0 radical (unpaired) electrons. The molecule has 3 rings (SSSR count). The molecule has 0 bridgehead atoms. The Balaban J connectivity index is 1.57. The van der Waals surface area contributed by atoms with E-state index in [4.69, 9.17) is 4.42 Å². The maximum absolute atomic E-state index is 12.3. The van der Waals surface area contributed by atoms with Crippen LogP contribution >= 0.6 is 0 Å². The summed E-state index contributed by atoms with van der Waals surface area (Å²) in [5.74, 6) is 0.180. The van der Waals surface area contributed by atoms with E-state index in [-0.39, 0.29) is 5.56 Å². The Morgan fingerprint density at radius 1 is 1.15 bits per heavy atom. The number of rotatable bonds is 8. The quantitative estimate of drug-likeness (QED) is 0.660. The topological polar surface area (TPSA) is 90.0 Å². The van der Waals surface area contributed by atoms with Crippen molar-refractivity contribution in [2.45, 2.75) is 32.7 Å². The molecule has 3 aromatic rings. The van der Waals surface area contributed by atoms with Crippen molar-refractivity contribution in [2.75, 3.05) is 6.54 Å². The van der Waals surface area contributed by atoms with E-state index < -0.39 is 11.5 Å². The number of nitrogens with one attached hydrogen (secondary N) is 1. The van der Waals surface area contributed by atoms with Gasteiger partial charge in [-0.25, -0.2) is 4.79 Å². The Morgan fingerprint density at radius 2 is 1.89 bits per heavy atom. The van der Waals surface area contributed by atoms with Gasteiger partial charge in [0.1, 0.15) is 24.0 Å². The van der Waals surface area contributed by atoms with Crippen molar-refractivity contribution in [3.63, 3.8) is 0 Å². The second-order valence-electron chi connectivity index (χ2n) is 6.35. The molecule has 0 fully saturated rings. The fourth-order valence-corrected chi connectivity index (χ4v) is 2.91. The number of benzene rings is 1. The van der Waals surface area contributed by atoms with Gasteiger partial charge in [0.15, 0.2) is 0 Å². The van der Waals surface area contributed by atoms with Gasteiger partial charge >= 0.3 is 5.63 Å². The molecule has 1 aromatic carbocycles. The standard InChI is InChI=1S/C20H22N4O3/c1-15-12-17(9-5-8-16-6-3-2-4-7-16)27-20(26)18(15)19(25)21-10-11-24-13-22-23-14-24/h2-4,6-7,12-14H,5,8-11H2,1H3,(H,21,25). The van der Waals surface area contributed by atoms with Crippen molar-refractivity contribution in [2.24, 2.45) is 0 Å². The summed E-state index contributed by atoms with van der Waals surface area (Å²) < 4.78 is 7.10. The molecule has 0 aliphatic carbocycles. The van der Waals surface area contributed by atoms with E-state index in [0.717, 1.165) is 12.8 Å². The highest BCUT2D eigenvalue weighted by Crippen LogP contribution is 2.11. The summed E-state index contributed by atoms with van der Waals surface area (Å²) in [6.45, 7) is 2.65. The molecule has 2 aromatic heterocycles. The van der Waals surface area contributed by atoms with Crippen molar-refractivity contribution in [1.29, 1.82) is 0 Å². The third-order valence-electron chi connectivity index (χ3n) is 4.28. The van der Waals surface area contributed by atoms with Crippen LogP contribution in [0.1, 0.15) is 33.7 Å². The van der Waals surface area contributed by atoms with E-state index in [2.05, 4.69) is 27.6 Å². The molecule has 2 heterocycles. The number of hydrogen-bond donors (Lipinski definition) is 1. The summed E-state index contributed by atoms with van der Waals surface area (Å²) in [4.78, 5) is 24.6. The second-order valence-corrected chi connectivity index (χ2v) is 6.35. The SMILES string of the molecule is Cc1cc(CCCc2ccccc2)oc(=O)c1C(=O)NCCn1cnnc1. The van der Waals surface area contributed by atoms with Crippen molar-refractivity contribution >= 4 is 5.91 Å². The third kappa shape index (κ3) is 5.13. The number of aryl methyl sites for hydroxylation is 3. The molecule has 1 amide bonds. The van der Waals surface area contributed by atoms with Crippen molar-refractivity contribution < 1.29 is 9.21 Å². The molecular weight excluding hydrogens is 344 g/mol. The van der Waals surface area contributed by atoms with Crippen LogP contribution in [0.25, 0.3) is 0 Å². The van der Waals surface area contributed by atoms with Crippen LogP contribution in [-0.2, 0) is 19.4 Å². The fourth-order valence-electron chi connectivity index (χ4n) is 2.91. The molecule has 0 spiro atoms. The first-order valence-electron chi connectivity index (χ1n) is 8.91. The first-order valence-corrected chi connectivity index (χ1v) is 8.91. The van der Waals surface area contributed by atoms with E-state index in [1.54, 1.807) is 30.2 Å². The Morgan fingerprint density at radius 3 is 2.59 bits per heavy atom. The number of carbonyl (C=O) groups is 1. The van der Waals surface area contributed by atoms with Gasteiger partial charge in [0.05, 0.1) is 0 Å². The minimum Gasteiger partial charge on any atom is -0.427 e. The Bertz CT molecular complexity index is 934. The lowest BCUT2D eigenvalue weighted by Gasteiger charge is -2.08. The second kappa shape index (κ2) is 8.93. The van der Waals surface area contributed by atoms with Gasteiger partial charge in [-0.1, -0.05) is 30.3 Å². The van der Waals surface area contributed by atoms with Crippen molar-refractivity contribution in [1.82, 2.24) is 20.1 Å². The molecule has 7 nitrogen and oxygen atoms in total. The zero-order valence-electron chi connectivity index (χ0n) is 15.2.